The van der Waals surface area contributed by atoms with Crippen molar-refractivity contribution in [3.8, 4) is 11.5 Å². The van der Waals surface area contributed by atoms with Crippen molar-refractivity contribution in [3.05, 3.63) is 23.8 Å². The smallest absolute Gasteiger partial charge is 0.231 e. The van der Waals surface area contributed by atoms with Gasteiger partial charge in [-0.25, -0.2) is 0 Å². The van der Waals surface area contributed by atoms with Crippen LogP contribution in [0.5, 0.6) is 11.5 Å². The van der Waals surface area contributed by atoms with Gasteiger partial charge in [-0.1, -0.05) is 13.0 Å². The van der Waals surface area contributed by atoms with Crippen molar-refractivity contribution in [3.63, 3.8) is 0 Å². The van der Waals surface area contributed by atoms with E-state index >= 15 is 0 Å². The molecule has 0 saturated carbocycles. The van der Waals surface area contributed by atoms with Crippen LogP contribution in [0.3, 0.4) is 0 Å². The van der Waals surface area contributed by atoms with Gasteiger partial charge in [0.2, 0.25) is 6.79 Å². The summed E-state index contributed by atoms with van der Waals surface area (Å²) in [6.07, 6.45) is 0.447. The Morgan fingerprint density at radius 1 is 1.33 bits per heavy atom. The summed E-state index contributed by atoms with van der Waals surface area (Å²) in [5.41, 5.74) is 0.909. The van der Waals surface area contributed by atoms with Gasteiger partial charge < -0.3 is 19.9 Å². The molecule has 0 fully saturated rings. The van der Waals surface area contributed by atoms with E-state index in [0.717, 1.165) is 23.5 Å². The summed E-state index contributed by atoms with van der Waals surface area (Å²) in [4.78, 5) is 0. The monoisotopic (exact) mass is 251 g/mol. The molecular formula is C14H21NO3. The average Bonchev–Trinajstić information content (AvgIpc) is 2.83. The van der Waals surface area contributed by atoms with Gasteiger partial charge in [0.05, 0.1) is 6.10 Å². The molecule has 0 radical (unpaired) electrons. The van der Waals surface area contributed by atoms with E-state index in [0.29, 0.717) is 13.3 Å². The third kappa shape index (κ3) is 2.76. The van der Waals surface area contributed by atoms with Gasteiger partial charge in [-0.2, -0.15) is 0 Å². The Labute approximate surface area is 108 Å². The van der Waals surface area contributed by atoms with Crippen molar-refractivity contribution >= 4 is 0 Å². The first-order chi connectivity index (χ1) is 8.53. The highest BCUT2D eigenvalue weighted by atomic mass is 16.7. The lowest BCUT2D eigenvalue weighted by Gasteiger charge is -2.28. The summed E-state index contributed by atoms with van der Waals surface area (Å²) in [5, 5.41) is 13.0. The van der Waals surface area contributed by atoms with Crippen LogP contribution < -0.4 is 14.8 Å². The van der Waals surface area contributed by atoms with E-state index in [9.17, 15) is 5.11 Å². The molecule has 1 aliphatic rings. The van der Waals surface area contributed by atoms with Crippen LogP contribution in [0, 0.1) is 0 Å². The van der Waals surface area contributed by atoms with Crippen LogP contribution in [-0.4, -0.2) is 24.5 Å². The Bertz CT molecular complexity index is 418. The zero-order chi connectivity index (χ0) is 13.2. The lowest BCUT2D eigenvalue weighted by molar-refractivity contribution is 0.154. The Kier molecular flexibility index (Phi) is 3.78. The quantitative estimate of drug-likeness (QED) is 0.840. The molecule has 0 aromatic heterocycles. The van der Waals surface area contributed by atoms with Crippen LogP contribution in [0.1, 0.15) is 32.8 Å². The van der Waals surface area contributed by atoms with Crippen molar-refractivity contribution < 1.29 is 14.6 Å². The lowest BCUT2D eigenvalue weighted by atomic mass is 9.93. The van der Waals surface area contributed by atoms with Crippen LogP contribution in [0.25, 0.3) is 0 Å². The molecule has 0 bridgehead atoms. The molecule has 4 heteroatoms. The van der Waals surface area contributed by atoms with Gasteiger partial charge >= 0.3 is 0 Å². The van der Waals surface area contributed by atoms with E-state index in [4.69, 9.17) is 9.47 Å². The molecular weight excluding hydrogens is 230 g/mol. The van der Waals surface area contributed by atoms with E-state index in [1.807, 2.05) is 25.1 Å². The number of benzene rings is 1. The molecule has 100 valence electrons. The molecule has 0 spiro atoms. The summed E-state index contributed by atoms with van der Waals surface area (Å²) in [7, 11) is 0. The van der Waals surface area contributed by atoms with Gasteiger partial charge in [-0.3, -0.25) is 0 Å². The maximum Gasteiger partial charge on any atom is 0.231 e. The molecule has 18 heavy (non-hydrogen) atoms. The molecule has 1 heterocycles. The van der Waals surface area contributed by atoms with Gasteiger partial charge in [0.1, 0.15) is 0 Å². The fourth-order valence-corrected chi connectivity index (χ4v) is 1.90. The van der Waals surface area contributed by atoms with Crippen molar-refractivity contribution in [1.29, 1.82) is 0 Å². The second-order valence-electron chi connectivity index (χ2n) is 5.14. The number of hydrogen-bond donors (Lipinski definition) is 2. The zero-order valence-corrected chi connectivity index (χ0v) is 11.2. The third-order valence-corrected chi connectivity index (χ3v) is 3.35. The Morgan fingerprint density at radius 3 is 2.78 bits per heavy atom. The minimum absolute atomic E-state index is 0.211. The minimum Gasteiger partial charge on any atom is -0.454 e. The van der Waals surface area contributed by atoms with E-state index < -0.39 is 0 Å². The number of fused-ring (bicyclic) bond motifs is 1. The third-order valence-electron chi connectivity index (χ3n) is 3.35. The number of aliphatic hydroxyl groups excluding tert-OH is 1. The number of aliphatic hydroxyl groups is 1. The average molecular weight is 251 g/mol. The summed E-state index contributed by atoms with van der Waals surface area (Å²) < 4.78 is 10.7. The van der Waals surface area contributed by atoms with Crippen molar-refractivity contribution in [2.24, 2.45) is 0 Å². The summed E-state index contributed by atoms with van der Waals surface area (Å²) >= 11 is 0. The van der Waals surface area contributed by atoms with Crippen molar-refractivity contribution in [1.82, 2.24) is 5.32 Å². The largest absolute Gasteiger partial charge is 0.454 e. The molecule has 1 aliphatic heterocycles. The standard InChI is InChI=1S/C14H21NO3/c1-4-11(16)8-15-14(2,3)10-5-6-12-13(7-10)18-9-17-12/h5-7,11,15-16H,4,8-9H2,1-3H3/t11-/m1/s1. The maximum atomic E-state index is 9.62. The van der Waals surface area contributed by atoms with Gasteiger partial charge in [-0.15, -0.1) is 0 Å². The number of ether oxygens (including phenoxy) is 2. The molecule has 1 aromatic rings. The molecule has 0 aliphatic carbocycles. The highest BCUT2D eigenvalue weighted by Crippen LogP contribution is 2.35. The van der Waals surface area contributed by atoms with Gasteiger partial charge in [0.15, 0.2) is 11.5 Å². The Hall–Kier alpha value is -1.26. The van der Waals surface area contributed by atoms with Crippen LogP contribution in [-0.2, 0) is 5.54 Å². The van der Waals surface area contributed by atoms with E-state index in [-0.39, 0.29) is 11.6 Å². The van der Waals surface area contributed by atoms with Crippen LogP contribution in [0.2, 0.25) is 0 Å². The van der Waals surface area contributed by atoms with Gasteiger partial charge in [0, 0.05) is 12.1 Å². The van der Waals surface area contributed by atoms with Gasteiger partial charge in [-0.05, 0) is 38.0 Å². The van der Waals surface area contributed by atoms with Crippen LogP contribution >= 0.6 is 0 Å². The van der Waals surface area contributed by atoms with E-state index in [1.165, 1.54) is 0 Å². The fourth-order valence-electron chi connectivity index (χ4n) is 1.90. The SMILES string of the molecule is CC[C@@H](O)CNC(C)(C)c1ccc2c(c1)OCO2. The maximum absolute atomic E-state index is 9.62. The zero-order valence-electron chi connectivity index (χ0n) is 11.2. The number of rotatable bonds is 5. The molecule has 1 atom stereocenters. The molecule has 1 aromatic carbocycles. The first-order valence-electron chi connectivity index (χ1n) is 6.36. The van der Waals surface area contributed by atoms with Crippen LogP contribution in [0.4, 0.5) is 0 Å². The van der Waals surface area contributed by atoms with Crippen molar-refractivity contribution in [2.75, 3.05) is 13.3 Å². The Balaban J connectivity index is 2.09. The van der Waals surface area contributed by atoms with Gasteiger partial charge in [0.25, 0.3) is 0 Å². The molecule has 2 N–H and O–H groups in total. The molecule has 4 nitrogen and oxygen atoms in total. The summed E-state index contributed by atoms with van der Waals surface area (Å²) in [6.45, 7) is 7.03. The first-order valence-corrected chi connectivity index (χ1v) is 6.36. The molecule has 0 unspecified atom stereocenters. The first kappa shape index (κ1) is 13.2. The highest BCUT2D eigenvalue weighted by Gasteiger charge is 2.23. The topological polar surface area (TPSA) is 50.7 Å². The number of nitrogens with one attached hydrogen (secondary N) is 1. The predicted octanol–water partition coefficient (Wildman–Crippen LogP) is 2.01. The predicted molar refractivity (Wildman–Crippen MR) is 69.9 cm³/mol. The minimum atomic E-state index is -0.307. The Morgan fingerprint density at radius 2 is 2.06 bits per heavy atom. The van der Waals surface area contributed by atoms with Crippen LogP contribution in [0.15, 0.2) is 18.2 Å². The van der Waals surface area contributed by atoms with E-state index in [2.05, 4.69) is 19.2 Å². The number of hydrogen-bond acceptors (Lipinski definition) is 4. The summed E-state index contributed by atoms with van der Waals surface area (Å²) in [5.74, 6) is 1.58. The van der Waals surface area contributed by atoms with E-state index in [1.54, 1.807) is 0 Å². The second-order valence-corrected chi connectivity index (χ2v) is 5.14. The molecule has 0 amide bonds. The van der Waals surface area contributed by atoms with Crippen molar-refractivity contribution in [2.45, 2.75) is 38.8 Å². The molecule has 2 rings (SSSR count). The second kappa shape index (κ2) is 5.16. The molecule has 0 saturated heterocycles. The highest BCUT2D eigenvalue weighted by molar-refractivity contribution is 5.46. The normalized spacial score (nSPS) is 15.8. The lowest BCUT2D eigenvalue weighted by Crippen LogP contribution is -2.41. The summed E-state index contributed by atoms with van der Waals surface area (Å²) in [6, 6.07) is 5.95. The fraction of sp³-hybridized carbons (Fsp3) is 0.571.